The summed E-state index contributed by atoms with van der Waals surface area (Å²) < 4.78 is 0. The summed E-state index contributed by atoms with van der Waals surface area (Å²) in [6, 6.07) is 0. The van der Waals surface area contributed by atoms with Crippen molar-refractivity contribution in [3.05, 3.63) is 48.6 Å². The minimum absolute atomic E-state index is 0.170. The molecule has 11 heavy (non-hydrogen) atoms. The molecular weight excluding hydrogens is 132 g/mol. The van der Waals surface area contributed by atoms with Crippen molar-refractivity contribution < 1.29 is 0 Å². The smallest absolute Gasteiger partial charge is 0.00784 e. The maximum absolute atomic E-state index is 3.69. The maximum Gasteiger partial charge on any atom is 0.00784 e. The van der Waals surface area contributed by atoms with Crippen LogP contribution < -0.4 is 0 Å². The molecule has 1 aliphatic rings. The third-order valence-electron chi connectivity index (χ3n) is 1.94. The summed E-state index contributed by atoms with van der Waals surface area (Å²) in [6.45, 7) is 8.08. The second-order valence-electron chi connectivity index (χ2n) is 3.30. The van der Waals surface area contributed by atoms with Gasteiger partial charge in [-0.2, -0.15) is 0 Å². The number of rotatable bonds is 1. The molecule has 0 N–H and O–H groups in total. The van der Waals surface area contributed by atoms with Crippen molar-refractivity contribution >= 4 is 0 Å². The van der Waals surface area contributed by atoms with E-state index in [1.54, 1.807) is 0 Å². The van der Waals surface area contributed by atoms with Gasteiger partial charge in [-0.05, 0) is 5.57 Å². The van der Waals surface area contributed by atoms with Gasteiger partial charge in [0.25, 0.3) is 0 Å². The van der Waals surface area contributed by atoms with Crippen LogP contribution in [0.1, 0.15) is 13.8 Å². The predicted molar refractivity (Wildman–Crippen MR) is 50.3 cm³/mol. The Balaban J connectivity index is 2.97. The van der Waals surface area contributed by atoms with Crippen LogP contribution in [0.5, 0.6) is 0 Å². The molecule has 0 radical (unpaired) electrons. The Labute approximate surface area is 68.6 Å². The normalized spacial score (nSPS) is 24.0. The molecule has 0 saturated heterocycles. The Hall–Kier alpha value is -1.04. The minimum atomic E-state index is 0.170. The summed E-state index contributed by atoms with van der Waals surface area (Å²) in [7, 11) is 0. The van der Waals surface area contributed by atoms with E-state index >= 15 is 0 Å². The van der Waals surface area contributed by atoms with Gasteiger partial charge in [0.05, 0.1) is 0 Å². The van der Waals surface area contributed by atoms with Crippen molar-refractivity contribution in [1.82, 2.24) is 0 Å². The predicted octanol–water partition coefficient (Wildman–Crippen LogP) is 3.25. The van der Waals surface area contributed by atoms with E-state index in [0.717, 1.165) is 0 Å². The second kappa shape index (κ2) is 2.91. The van der Waals surface area contributed by atoms with Crippen LogP contribution in [0, 0.1) is 5.41 Å². The zero-order valence-electron chi connectivity index (χ0n) is 7.17. The molecule has 0 heteroatoms. The van der Waals surface area contributed by atoms with E-state index in [1.165, 1.54) is 5.57 Å². The third-order valence-corrected chi connectivity index (χ3v) is 1.94. The zero-order valence-corrected chi connectivity index (χ0v) is 7.17. The van der Waals surface area contributed by atoms with Crippen LogP contribution in [0.25, 0.3) is 0 Å². The topological polar surface area (TPSA) is 0 Å². The van der Waals surface area contributed by atoms with Gasteiger partial charge in [0.1, 0.15) is 0 Å². The molecule has 0 aromatic heterocycles. The summed E-state index contributed by atoms with van der Waals surface area (Å²) in [5.41, 5.74) is 1.48. The first-order chi connectivity index (χ1) is 5.17. The standard InChI is InChI=1S/C11H14/c1-4-7-10-8-5-6-9-11(10,2)3/h4-9H,1H2,2-3H3/b10-7-. The molecule has 0 nitrogen and oxygen atoms in total. The first kappa shape index (κ1) is 8.06. The highest BCUT2D eigenvalue weighted by molar-refractivity contribution is 5.38. The van der Waals surface area contributed by atoms with Gasteiger partial charge in [-0.15, -0.1) is 0 Å². The summed E-state index contributed by atoms with van der Waals surface area (Å²) in [6.07, 6.45) is 12.4. The van der Waals surface area contributed by atoms with Crippen LogP contribution in [-0.2, 0) is 0 Å². The Kier molecular flexibility index (Phi) is 2.13. The van der Waals surface area contributed by atoms with Crippen LogP contribution in [0.3, 0.4) is 0 Å². The molecule has 0 bridgehead atoms. The molecule has 0 fully saturated rings. The molecular formula is C11H14. The molecule has 1 aliphatic carbocycles. The van der Waals surface area contributed by atoms with Gasteiger partial charge in [0, 0.05) is 5.41 Å². The average molecular weight is 146 g/mol. The van der Waals surface area contributed by atoms with E-state index in [0.29, 0.717) is 0 Å². The number of allylic oxidation sites excluding steroid dienone is 7. The van der Waals surface area contributed by atoms with Crippen LogP contribution >= 0.6 is 0 Å². The van der Waals surface area contributed by atoms with Crippen molar-refractivity contribution in [3.63, 3.8) is 0 Å². The van der Waals surface area contributed by atoms with Gasteiger partial charge in [0.15, 0.2) is 0 Å². The molecule has 0 unspecified atom stereocenters. The van der Waals surface area contributed by atoms with Gasteiger partial charge in [-0.3, -0.25) is 0 Å². The van der Waals surface area contributed by atoms with E-state index in [9.17, 15) is 0 Å². The fourth-order valence-electron chi connectivity index (χ4n) is 1.16. The van der Waals surface area contributed by atoms with Gasteiger partial charge >= 0.3 is 0 Å². The lowest BCUT2D eigenvalue weighted by Crippen LogP contribution is -2.11. The van der Waals surface area contributed by atoms with Crippen LogP contribution in [0.15, 0.2) is 48.6 Å². The van der Waals surface area contributed by atoms with Crippen LogP contribution in [-0.4, -0.2) is 0 Å². The molecule has 0 heterocycles. The van der Waals surface area contributed by atoms with Crippen molar-refractivity contribution in [3.8, 4) is 0 Å². The maximum atomic E-state index is 3.69. The first-order valence-electron chi connectivity index (χ1n) is 3.86. The lowest BCUT2D eigenvalue weighted by atomic mass is 9.81. The first-order valence-corrected chi connectivity index (χ1v) is 3.86. The molecule has 0 aromatic rings. The molecule has 0 amide bonds. The molecule has 0 atom stereocenters. The quantitative estimate of drug-likeness (QED) is 0.532. The summed E-state index contributed by atoms with van der Waals surface area (Å²) in [5.74, 6) is 0. The average Bonchev–Trinajstić information content (AvgIpc) is 1.94. The SMILES string of the molecule is C=C/C=C1/C=CC=CC1(C)C. The number of hydrogen-bond acceptors (Lipinski definition) is 0. The monoisotopic (exact) mass is 146 g/mol. The Morgan fingerprint density at radius 2 is 2.09 bits per heavy atom. The van der Waals surface area contributed by atoms with Crippen LogP contribution in [0.2, 0.25) is 0 Å². The van der Waals surface area contributed by atoms with Gasteiger partial charge in [0.2, 0.25) is 0 Å². The van der Waals surface area contributed by atoms with Crippen molar-refractivity contribution in [1.29, 1.82) is 0 Å². The van der Waals surface area contributed by atoms with E-state index in [2.05, 4.69) is 50.8 Å². The number of hydrogen-bond donors (Lipinski definition) is 0. The van der Waals surface area contributed by atoms with Crippen molar-refractivity contribution in [2.24, 2.45) is 5.41 Å². The largest absolute Gasteiger partial charge is 0.0991 e. The Morgan fingerprint density at radius 3 is 2.64 bits per heavy atom. The summed E-state index contributed by atoms with van der Waals surface area (Å²) in [5, 5.41) is 0. The lowest BCUT2D eigenvalue weighted by Gasteiger charge is -2.23. The fourth-order valence-corrected chi connectivity index (χ4v) is 1.16. The van der Waals surface area contributed by atoms with E-state index < -0.39 is 0 Å². The molecule has 0 aromatic carbocycles. The highest BCUT2D eigenvalue weighted by atomic mass is 14.2. The fraction of sp³-hybridized carbons (Fsp3) is 0.273. The molecule has 0 spiro atoms. The zero-order chi connectivity index (χ0) is 8.32. The van der Waals surface area contributed by atoms with Gasteiger partial charge < -0.3 is 0 Å². The highest BCUT2D eigenvalue weighted by Gasteiger charge is 2.18. The van der Waals surface area contributed by atoms with E-state index in [-0.39, 0.29) is 5.41 Å². The van der Waals surface area contributed by atoms with Gasteiger partial charge in [-0.1, -0.05) is 56.9 Å². The minimum Gasteiger partial charge on any atom is -0.0991 e. The summed E-state index contributed by atoms with van der Waals surface area (Å²) >= 11 is 0. The van der Waals surface area contributed by atoms with Gasteiger partial charge in [-0.25, -0.2) is 0 Å². The highest BCUT2D eigenvalue weighted by Crippen LogP contribution is 2.31. The lowest BCUT2D eigenvalue weighted by molar-refractivity contribution is 0.591. The van der Waals surface area contributed by atoms with Crippen molar-refractivity contribution in [2.45, 2.75) is 13.8 Å². The molecule has 58 valence electrons. The third kappa shape index (κ3) is 1.70. The Bertz CT molecular complexity index is 237. The summed E-state index contributed by atoms with van der Waals surface area (Å²) in [4.78, 5) is 0. The Morgan fingerprint density at radius 1 is 1.36 bits per heavy atom. The van der Waals surface area contributed by atoms with E-state index in [1.807, 2.05) is 6.08 Å². The van der Waals surface area contributed by atoms with Crippen LogP contribution in [0.4, 0.5) is 0 Å². The molecule has 0 aliphatic heterocycles. The second-order valence-corrected chi connectivity index (χ2v) is 3.30. The van der Waals surface area contributed by atoms with E-state index in [4.69, 9.17) is 0 Å². The van der Waals surface area contributed by atoms with Crippen molar-refractivity contribution in [2.75, 3.05) is 0 Å². The molecule has 1 rings (SSSR count). The molecule has 0 saturated carbocycles.